The molecule has 2 heterocycles. The van der Waals surface area contributed by atoms with Crippen LogP contribution in [-0.2, 0) is 0 Å². The number of nitrogens with zero attached hydrogens (tertiary/aromatic N) is 2. The topological polar surface area (TPSA) is 38.9 Å². The van der Waals surface area contributed by atoms with Crippen LogP contribution < -0.4 is 0 Å². The van der Waals surface area contributed by atoms with Crippen LogP contribution in [0.15, 0.2) is 16.5 Å². The molecule has 0 atom stereocenters. The summed E-state index contributed by atoms with van der Waals surface area (Å²) in [6, 6.07) is 2.65. The van der Waals surface area contributed by atoms with Gasteiger partial charge in [0.05, 0.1) is 0 Å². The third-order valence-electron chi connectivity index (χ3n) is 2.84. The molecule has 0 spiro atoms. The second kappa shape index (κ2) is 4.09. The predicted octanol–water partition coefficient (Wildman–Crippen LogP) is 4.41. The second-order valence-electron chi connectivity index (χ2n) is 4.00. The van der Waals surface area contributed by atoms with E-state index in [4.69, 9.17) is 16.0 Å². The van der Waals surface area contributed by atoms with E-state index in [2.05, 4.69) is 9.97 Å². The molecule has 0 fully saturated rings. The minimum absolute atomic E-state index is 0.0785. The Kier molecular flexibility index (Phi) is 2.63. The summed E-state index contributed by atoms with van der Waals surface area (Å²) < 4.78 is 44.1. The lowest BCUT2D eigenvalue weighted by atomic mass is 10.1. The van der Waals surface area contributed by atoms with Crippen LogP contribution in [0, 0.1) is 12.7 Å². The van der Waals surface area contributed by atoms with Crippen LogP contribution in [0.5, 0.6) is 0 Å². The van der Waals surface area contributed by atoms with Gasteiger partial charge in [-0.05, 0) is 19.1 Å². The molecule has 98 valence electrons. The Morgan fingerprint density at radius 2 is 1.95 bits per heavy atom. The van der Waals surface area contributed by atoms with Gasteiger partial charge in [0.1, 0.15) is 16.9 Å². The van der Waals surface area contributed by atoms with Crippen molar-refractivity contribution in [2.75, 3.05) is 0 Å². The fourth-order valence-electron chi connectivity index (χ4n) is 1.90. The van der Waals surface area contributed by atoms with E-state index in [1.807, 2.05) is 0 Å². The van der Waals surface area contributed by atoms with Crippen LogP contribution in [0.4, 0.5) is 13.2 Å². The fourth-order valence-corrected chi connectivity index (χ4v) is 2.11. The molecule has 0 unspecified atom stereocenters. The minimum atomic E-state index is -2.84. The third kappa shape index (κ3) is 1.74. The van der Waals surface area contributed by atoms with E-state index in [0.717, 1.165) is 0 Å². The average molecular weight is 287 g/mol. The van der Waals surface area contributed by atoms with Crippen molar-refractivity contribution in [1.82, 2.24) is 9.97 Å². The first-order valence-corrected chi connectivity index (χ1v) is 5.69. The molecule has 0 radical (unpaired) electrons. The van der Waals surface area contributed by atoms with Crippen molar-refractivity contribution in [2.24, 2.45) is 0 Å². The highest BCUT2D eigenvalue weighted by atomic mass is 35.5. The van der Waals surface area contributed by atoms with Crippen molar-refractivity contribution in [1.29, 1.82) is 0 Å². The smallest absolute Gasteiger partial charge is 0.297 e. The van der Waals surface area contributed by atoms with Gasteiger partial charge in [0.25, 0.3) is 6.43 Å². The van der Waals surface area contributed by atoms with Gasteiger partial charge in [0.15, 0.2) is 16.6 Å². The monoisotopic (exact) mass is 286 g/mol. The lowest BCUT2D eigenvalue weighted by molar-refractivity contribution is 0.141. The van der Waals surface area contributed by atoms with Crippen LogP contribution in [0.2, 0.25) is 5.15 Å². The highest BCUT2D eigenvalue weighted by Gasteiger charge is 2.20. The van der Waals surface area contributed by atoms with Crippen LogP contribution in [-0.4, -0.2) is 9.97 Å². The zero-order valence-electron chi connectivity index (χ0n) is 9.55. The lowest BCUT2D eigenvalue weighted by Gasteiger charge is -1.98. The van der Waals surface area contributed by atoms with Crippen molar-refractivity contribution in [3.05, 3.63) is 34.5 Å². The molecule has 2 aromatic heterocycles. The second-order valence-corrected chi connectivity index (χ2v) is 4.36. The van der Waals surface area contributed by atoms with Crippen molar-refractivity contribution in [3.63, 3.8) is 0 Å². The molecule has 0 saturated heterocycles. The molecule has 0 saturated carbocycles. The van der Waals surface area contributed by atoms with Gasteiger partial charge in [-0.25, -0.2) is 23.1 Å². The molecule has 0 N–H and O–H groups in total. The molecule has 0 aliphatic rings. The number of halogens is 4. The highest BCUT2D eigenvalue weighted by Crippen LogP contribution is 2.34. The maximum atomic E-state index is 13.4. The first kappa shape index (κ1) is 12.2. The molecule has 19 heavy (non-hydrogen) atoms. The Morgan fingerprint density at radius 3 is 2.63 bits per heavy atom. The molecular formula is C12H6ClF3N2O. The summed E-state index contributed by atoms with van der Waals surface area (Å²) in [5.74, 6) is -1.13. The summed E-state index contributed by atoms with van der Waals surface area (Å²) in [7, 11) is 0. The van der Waals surface area contributed by atoms with E-state index in [1.165, 1.54) is 19.1 Å². The molecular weight excluding hydrogens is 281 g/mol. The molecule has 1 aromatic carbocycles. The van der Waals surface area contributed by atoms with Crippen LogP contribution >= 0.6 is 11.6 Å². The third-order valence-corrected chi connectivity index (χ3v) is 3.09. The van der Waals surface area contributed by atoms with Gasteiger partial charge >= 0.3 is 0 Å². The van der Waals surface area contributed by atoms with E-state index in [9.17, 15) is 13.2 Å². The Bertz CT molecular complexity index is 801. The van der Waals surface area contributed by atoms with Gasteiger partial charge in [-0.3, -0.25) is 0 Å². The molecule has 0 aliphatic carbocycles. The summed E-state index contributed by atoms with van der Waals surface area (Å²) in [5, 5.41) is 0.219. The number of aryl methyl sites for hydroxylation is 1. The summed E-state index contributed by atoms with van der Waals surface area (Å²) in [6.07, 6.45) is -2.84. The molecule has 7 heteroatoms. The minimum Gasteiger partial charge on any atom is -0.451 e. The standard InChI is InChI=1S/C12H6ClF3N2O/c1-4-6(14)3-2-5-7-9(19-8(4)5)10(13)18-12(17-7)11(15)16/h2-3,11H,1H3. The van der Waals surface area contributed by atoms with E-state index in [0.29, 0.717) is 5.39 Å². The van der Waals surface area contributed by atoms with Gasteiger partial charge < -0.3 is 4.42 Å². The Morgan fingerprint density at radius 1 is 1.21 bits per heavy atom. The summed E-state index contributed by atoms with van der Waals surface area (Å²) >= 11 is 5.80. The molecule has 3 rings (SSSR count). The normalized spacial score (nSPS) is 11.9. The predicted molar refractivity (Wildman–Crippen MR) is 64.0 cm³/mol. The highest BCUT2D eigenvalue weighted by molar-refractivity contribution is 6.34. The number of benzene rings is 1. The van der Waals surface area contributed by atoms with Crippen LogP contribution in [0.3, 0.4) is 0 Å². The maximum Gasteiger partial charge on any atom is 0.297 e. The van der Waals surface area contributed by atoms with E-state index in [-0.39, 0.29) is 27.4 Å². The van der Waals surface area contributed by atoms with Crippen molar-refractivity contribution in [3.8, 4) is 0 Å². The van der Waals surface area contributed by atoms with Gasteiger partial charge in [0.2, 0.25) is 0 Å². The molecule has 3 nitrogen and oxygen atoms in total. The van der Waals surface area contributed by atoms with E-state index < -0.39 is 18.1 Å². The van der Waals surface area contributed by atoms with Gasteiger partial charge in [-0.1, -0.05) is 11.6 Å². The largest absolute Gasteiger partial charge is 0.451 e. The molecule has 3 aromatic rings. The first-order valence-electron chi connectivity index (χ1n) is 5.32. The molecule has 0 aliphatic heterocycles. The number of aromatic nitrogens is 2. The summed E-state index contributed by atoms with van der Waals surface area (Å²) in [4.78, 5) is 7.20. The van der Waals surface area contributed by atoms with Gasteiger partial charge in [-0.15, -0.1) is 0 Å². The molecule has 0 amide bonds. The molecule has 0 bridgehead atoms. The zero-order valence-corrected chi connectivity index (χ0v) is 10.3. The van der Waals surface area contributed by atoms with E-state index >= 15 is 0 Å². The maximum absolute atomic E-state index is 13.4. The lowest BCUT2D eigenvalue weighted by Crippen LogP contribution is -1.95. The van der Waals surface area contributed by atoms with Gasteiger partial charge in [-0.2, -0.15) is 0 Å². The summed E-state index contributed by atoms with van der Waals surface area (Å²) in [6.45, 7) is 1.52. The van der Waals surface area contributed by atoms with Crippen molar-refractivity contribution in [2.45, 2.75) is 13.3 Å². The fraction of sp³-hybridized carbons (Fsp3) is 0.167. The zero-order chi connectivity index (χ0) is 13.7. The SMILES string of the molecule is Cc1c(F)ccc2c1oc1c(Cl)nc(C(F)F)nc12. The number of hydrogen-bond acceptors (Lipinski definition) is 3. The van der Waals surface area contributed by atoms with Crippen molar-refractivity contribution < 1.29 is 17.6 Å². The number of alkyl halides is 2. The summed E-state index contributed by atoms with van der Waals surface area (Å²) in [5.41, 5.74) is 0.742. The Hall–Kier alpha value is -1.82. The van der Waals surface area contributed by atoms with Crippen molar-refractivity contribution >= 4 is 33.7 Å². The Labute approximate surface area is 110 Å². The first-order chi connectivity index (χ1) is 8.99. The van der Waals surface area contributed by atoms with E-state index in [1.54, 1.807) is 0 Å². The quantitative estimate of drug-likeness (QED) is 0.622. The van der Waals surface area contributed by atoms with Gasteiger partial charge in [0, 0.05) is 10.9 Å². The van der Waals surface area contributed by atoms with Crippen LogP contribution in [0.1, 0.15) is 17.8 Å². The number of rotatable bonds is 1. The Balaban J connectivity index is 2.48. The number of fused-ring (bicyclic) bond motifs is 3. The average Bonchev–Trinajstić information content (AvgIpc) is 2.74. The number of hydrogen-bond donors (Lipinski definition) is 0. The van der Waals surface area contributed by atoms with Crippen LogP contribution in [0.25, 0.3) is 22.1 Å². The number of furan rings is 1.